The lowest BCUT2D eigenvalue weighted by atomic mass is 9.95. The Morgan fingerprint density at radius 2 is 1.55 bits per heavy atom. The number of amides is 2. The molecule has 2 fully saturated rings. The van der Waals surface area contributed by atoms with E-state index >= 15 is 0 Å². The third-order valence-electron chi connectivity index (χ3n) is 4.96. The Morgan fingerprint density at radius 1 is 0.955 bits per heavy atom. The topological polar surface area (TPSA) is 43.9 Å². The van der Waals surface area contributed by atoms with E-state index in [0.717, 1.165) is 58.7 Å². The molecule has 0 radical (unpaired) electrons. The second kappa shape index (κ2) is 7.95. The van der Waals surface area contributed by atoms with Crippen molar-refractivity contribution in [3.05, 3.63) is 0 Å². The molecule has 5 heteroatoms. The maximum atomic E-state index is 12.0. The number of piperazine rings is 1. The second-order valence-electron chi connectivity index (χ2n) is 6.96. The Kier molecular flexibility index (Phi) is 6.24. The molecule has 0 aromatic rings. The first-order chi connectivity index (χ1) is 10.5. The van der Waals surface area contributed by atoms with E-state index in [4.69, 9.17) is 0 Å². The van der Waals surface area contributed by atoms with Crippen LogP contribution in [0.5, 0.6) is 0 Å². The molecule has 0 aromatic heterocycles. The van der Waals surface area contributed by atoms with Crippen LogP contribution in [-0.2, 0) is 9.59 Å². The SMILES string of the molecule is CCC(=O)N1CCN(CC2CCN(C(=O)C(C)C)CC2)CC1. The molecule has 2 aliphatic heterocycles. The molecule has 2 saturated heterocycles. The van der Waals surface area contributed by atoms with E-state index < -0.39 is 0 Å². The first kappa shape index (κ1) is 17.3. The predicted molar refractivity (Wildman–Crippen MR) is 87.5 cm³/mol. The summed E-state index contributed by atoms with van der Waals surface area (Å²) >= 11 is 0. The number of rotatable bonds is 4. The fourth-order valence-corrected chi connectivity index (χ4v) is 3.47. The van der Waals surface area contributed by atoms with Crippen LogP contribution in [0.25, 0.3) is 0 Å². The van der Waals surface area contributed by atoms with Gasteiger partial charge in [-0.05, 0) is 18.8 Å². The first-order valence-electron chi connectivity index (χ1n) is 8.80. The third kappa shape index (κ3) is 4.45. The maximum Gasteiger partial charge on any atom is 0.225 e. The minimum atomic E-state index is 0.112. The van der Waals surface area contributed by atoms with Crippen LogP contribution in [0, 0.1) is 11.8 Å². The summed E-state index contributed by atoms with van der Waals surface area (Å²) in [4.78, 5) is 30.2. The molecular formula is C17H31N3O2. The van der Waals surface area contributed by atoms with Gasteiger partial charge in [-0.1, -0.05) is 20.8 Å². The third-order valence-corrected chi connectivity index (χ3v) is 4.96. The molecule has 0 spiro atoms. The molecule has 0 atom stereocenters. The molecule has 0 aliphatic carbocycles. The normalized spacial score (nSPS) is 21.5. The highest BCUT2D eigenvalue weighted by atomic mass is 16.2. The zero-order chi connectivity index (χ0) is 16.1. The average molecular weight is 309 g/mol. The Bertz CT molecular complexity index is 381. The Morgan fingerprint density at radius 3 is 2.05 bits per heavy atom. The lowest BCUT2D eigenvalue weighted by Crippen LogP contribution is -2.50. The van der Waals surface area contributed by atoms with Crippen molar-refractivity contribution in [3.63, 3.8) is 0 Å². The van der Waals surface area contributed by atoms with Gasteiger partial charge in [0.25, 0.3) is 0 Å². The van der Waals surface area contributed by atoms with Crippen LogP contribution in [0.15, 0.2) is 0 Å². The number of hydrogen-bond donors (Lipinski definition) is 0. The van der Waals surface area contributed by atoms with Crippen LogP contribution in [0.3, 0.4) is 0 Å². The summed E-state index contributed by atoms with van der Waals surface area (Å²) in [5, 5.41) is 0. The van der Waals surface area contributed by atoms with E-state index in [-0.39, 0.29) is 11.8 Å². The molecule has 0 unspecified atom stereocenters. The monoisotopic (exact) mass is 309 g/mol. The number of carbonyl (C=O) groups is 2. The summed E-state index contributed by atoms with van der Waals surface area (Å²) in [7, 11) is 0. The summed E-state index contributed by atoms with van der Waals surface area (Å²) in [6, 6.07) is 0. The van der Waals surface area contributed by atoms with Gasteiger partial charge in [0.05, 0.1) is 0 Å². The molecule has 126 valence electrons. The Labute approximate surface area is 134 Å². The van der Waals surface area contributed by atoms with Crippen LogP contribution < -0.4 is 0 Å². The lowest BCUT2D eigenvalue weighted by molar-refractivity contribution is -0.135. The van der Waals surface area contributed by atoms with Gasteiger partial charge in [0.15, 0.2) is 0 Å². The maximum absolute atomic E-state index is 12.0. The van der Waals surface area contributed by atoms with Crippen LogP contribution in [0.2, 0.25) is 0 Å². The highest BCUT2D eigenvalue weighted by molar-refractivity contribution is 5.78. The molecule has 5 nitrogen and oxygen atoms in total. The van der Waals surface area contributed by atoms with Gasteiger partial charge in [0, 0.05) is 58.2 Å². The molecule has 0 saturated carbocycles. The Hall–Kier alpha value is -1.10. The van der Waals surface area contributed by atoms with E-state index in [0.29, 0.717) is 18.2 Å². The summed E-state index contributed by atoms with van der Waals surface area (Å²) < 4.78 is 0. The van der Waals surface area contributed by atoms with Gasteiger partial charge in [-0.15, -0.1) is 0 Å². The predicted octanol–water partition coefficient (Wildman–Crippen LogP) is 1.44. The molecule has 2 amide bonds. The molecule has 0 aromatic carbocycles. The quantitative estimate of drug-likeness (QED) is 0.789. The summed E-state index contributed by atoms with van der Waals surface area (Å²) in [5.41, 5.74) is 0. The van der Waals surface area contributed by atoms with Gasteiger partial charge in [-0.2, -0.15) is 0 Å². The van der Waals surface area contributed by atoms with Crippen molar-refractivity contribution in [3.8, 4) is 0 Å². The number of hydrogen-bond acceptors (Lipinski definition) is 3. The van der Waals surface area contributed by atoms with Crippen molar-refractivity contribution < 1.29 is 9.59 Å². The fraction of sp³-hybridized carbons (Fsp3) is 0.882. The number of nitrogens with zero attached hydrogens (tertiary/aromatic N) is 3. The minimum absolute atomic E-state index is 0.112. The van der Waals surface area contributed by atoms with Crippen molar-refractivity contribution in [1.82, 2.24) is 14.7 Å². The van der Waals surface area contributed by atoms with E-state index in [1.807, 2.05) is 30.6 Å². The highest BCUT2D eigenvalue weighted by Crippen LogP contribution is 2.20. The van der Waals surface area contributed by atoms with Crippen molar-refractivity contribution >= 4 is 11.8 Å². The highest BCUT2D eigenvalue weighted by Gasteiger charge is 2.27. The van der Waals surface area contributed by atoms with Gasteiger partial charge < -0.3 is 9.80 Å². The van der Waals surface area contributed by atoms with Crippen LogP contribution >= 0.6 is 0 Å². The molecule has 2 rings (SSSR count). The van der Waals surface area contributed by atoms with Gasteiger partial charge in [-0.25, -0.2) is 0 Å². The van der Waals surface area contributed by atoms with E-state index in [1.54, 1.807) is 0 Å². The summed E-state index contributed by atoms with van der Waals surface area (Å²) in [5.74, 6) is 1.38. The van der Waals surface area contributed by atoms with Gasteiger partial charge in [0.2, 0.25) is 11.8 Å². The standard InChI is InChI=1S/C17H31N3O2/c1-4-16(21)19-11-9-18(10-12-19)13-15-5-7-20(8-6-15)17(22)14(2)3/h14-15H,4-13H2,1-3H3. The molecule has 0 bridgehead atoms. The van der Waals surface area contributed by atoms with E-state index in [1.165, 1.54) is 0 Å². The molecule has 2 heterocycles. The smallest absolute Gasteiger partial charge is 0.225 e. The van der Waals surface area contributed by atoms with Crippen molar-refractivity contribution in [2.75, 3.05) is 45.8 Å². The van der Waals surface area contributed by atoms with E-state index in [9.17, 15) is 9.59 Å². The molecular weight excluding hydrogens is 278 g/mol. The molecule has 0 N–H and O–H groups in total. The lowest BCUT2D eigenvalue weighted by Gasteiger charge is -2.39. The van der Waals surface area contributed by atoms with Crippen molar-refractivity contribution in [2.24, 2.45) is 11.8 Å². The zero-order valence-electron chi connectivity index (χ0n) is 14.4. The summed E-state index contributed by atoms with van der Waals surface area (Å²) in [6.07, 6.45) is 2.85. The number of likely N-dealkylation sites (tertiary alicyclic amines) is 1. The number of carbonyl (C=O) groups excluding carboxylic acids is 2. The van der Waals surface area contributed by atoms with Gasteiger partial charge >= 0.3 is 0 Å². The largest absolute Gasteiger partial charge is 0.342 e. The van der Waals surface area contributed by atoms with Gasteiger partial charge in [0.1, 0.15) is 0 Å². The average Bonchev–Trinajstić information content (AvgIpc) is 2.54. The Balaban J connectivity index is 1.69. The van der Waals surface area contributed by atoms with Crippen molar-refractivity contribution in [2.45, 2.75) is 40.0 Å². The molecule has 22 heavy (non-hydrogen) atoms. The van der Waals surface area contributed by atoms with E-state index in [2.05, 4.69) is 4.90 Å². The van der Waals surface area contributed by atoms with Crippen LogP contribution in [0.4, 0.5) is 0 Å². The van der Waals surface area contributed by atoms with Crippen LogP contribution in [0.1, 0.15) is 40.0 Å². The zero-order valence-corrected chi connectivity index (χ0v) is 14.4. The summed E-state index contributed by atoms with van der Waals surface area (Å²) in [6.45, 7) is 12.6. The number of piperidine rings is 1. The first-order valence-corrected chi connectivity index (χ1v) is 8.80. The van der Waals surface area contributed by atoms with Crippen molar-refractivity contribution in [1.29, 1.82) is 0 Å². The van der Waals surface area contributed by atoms with Gasteiger partial charge in [-0.3, -0.25) is 14.5 Å². The molecule has 2 aliphatic rings. The second-order valence-corrected chi connectivity index (χ2v) is 6.96. The van der Waals surface area contributed by atoms with Crippen LogP contribution in [-0.4, -0.2) is 72.3 Å². The minimum Gasteiger partial charge on any atom is -0.342 e. The fourth-order valence-electron chi connectivity index (χ4n) is 3.47.